The summed E-state index contributed by atoms with van der Waals surface area (Å²) in [5.41, 5.74) is -1.73. The number of benzene rings is 1. The number of carbonyl (C=O) groups excluding carboxylic acids is 2. The van der Waals surface area contributed by atoms with Gasteiger partial charge in [0.05, 0.1) is 50.7 Å². The Balaban J connectivity index is 1.55. The van der Waals surface area contributed by atoms with Crippen LogP contribution in [0.1, 0.15) is 34.8 Å². The van der Waals surface area contributed by atoms with Gasteiger partial charge in [0.1, 0.15) is 28.6 Å². The third kappa shape index (κ3) is 4.75. The highest BCUT2D eigenvalue weighted by molar-refractivity contribution is 6.02. The van der Waals surface area contributed by atoms with Crippen molar-refractivity contribution in [3.8, 4) is 5.75 Å². The number of hydrogen-bond donors (Lipinski definition) is 4. The Morgan fingerprint density at radius 3 is 2.44 bits per heavy atom. The highest BCUT2D eigenvalue weighted by atomic mass is 16.5. The molecular weight excluding hydrogens is 470 g/mol. The van der Waals surface area contributed by atoms with E-state index in [1.807, 2.05) is 26.0 Å². The van der Waals surface area contributed by atoms with E-state index in [1.165, 1.54) is 25.3 Å². The Labute approximate surface area is 206 Å². The van der Waals surface area contributed by atoms with Crippen molar-refractivity contribution in [2.24, 2.45) is 5.41 Å². The molecule has 1 aliphatic rings. The molecule has 2 aromatic carbocycles. The molecule has 1 fully saturated rings. The van der Waals surface area contributed by atoms with E-state index in [4.69, 9.17) is 9.15 Å². The van der Waals surface area contributed by atoms with Gasteiger partial charge in [-0.2, -0.15) is 0 Å². The Bertz CT molecular complexity index is 1360. The van der Waals surface area contributed by atoms with Crippen LogP contribution >= 0.6 is 0 Å². The Hall–Kier alpha value is -3.96. The lowest BCUT2D eigenvalue weighted by Crippen LogP contribution is -2.49. The van der Waals surface area contributed by atoms with Gasteiger partial charge in [0.15, 0.2) is 5.78 Å². The maximum absolute atomic E-state index is 12.5. The van der Waals surface area contributed by atoms with Gasteiger partial charge in [0.2, 0.25) is 0 Å². The number of furan rings is 1. The molecule has 0 radical (unpaired) electrons. The number of Topliss-reactive ketones (excluding diaryl/α,β-unsaturated/α-hetero) is 1. The van der Waals surface area contributed by atoms with E-state index in [-0.39, 0.29) is 46.9 Å². The number of para-hydroxylation sites is 1. The Morgan fingerprint density at radius 1 is 1.11 bits per heavy atom. The van der Waals surface area contributed by atoms with Gasteiger partial charge in [-0.25, -0.2) is 0 Å². The van der Waals surface area contributed by atoms with Crippen LogP contribution in [-0.4, -0.2) is 50.3 Å². The van der Waals surface area contributed by atoms with Crippen LogP contribution in [0.4, 0.5) is 17.1 Å². The predicted molar refractivity (Wildman–Crippen MR) is 131 cm³/mol. The van der Waals surface area contributed by atoms with Crippen molar-refractivity contribution < 1.29 is 28.6 Å². The molecule has 1 atom stereocenters. The number of nitrogens with one attached hydrogen (secondary N) is 3. The number of phenols is 1. The number of aryl methyl sites for hydroxylation is 1. The fraction of sp³-hybridized carbons (Fsp3) is 0.360. The number of esters is 1. The molecule has 0 bridgehead atoms. The summed E-state index contributed by atoms with van der Waals surface area (Å²) in [7, 11) is 1.23. The van der Waals surface area contributed by atoms with Gasteiger partial charge in [-0.15, -0.1) is 0 Å². The molecule has 1 saturated heterocycles. The second-order valence-electron chi connectivity index (χ2n) is 9.01. The number of ketones is 1. The number of hydrogen-bond acceptors (Lipinski definition) is 11. The molecule has 0 unspecified atom stereocenters. The van der Waals surface area contributed by atoms with Crippen molar-refractivity contribution >= 4 is 28.8 Å². The first-order valence-electron chi connectivity index (χ1n) is 11.3. The van der Waals surface area contributed by atoms with Gasteiger partial charge < -0.3 is 29.6 Å². The van der Waals surface area contributed by atoms with Crippen LogP contribution < -0.4 is 26.8 Å². The van der Waals surface area contributed by atoms with Gasteiger partial charge >= 0.3 is 5.97 Å². The first-order valence-corrected chi connectivity index (χ1v) is 11.3. The van der Waals surface area contributed by atoms with E-state index < -0.39 is 28.7 Å². The number of anilines is 3. The molecule has 0 saturated carbocycles. The van der Waals surface area contributed by atoms with Crippen LogP contribution in [-0.2, 0) is 14.3 Å². The second-order valence-corrected chi connectivity index (χ2v) is 9.01. The van der Waals surface area contributed by atoms with Gasteiger partial charge in [0.25, 0.3) is 10.9 Å². The van der Waals surface area contributed by atoms with Crippen LogP contribution in [0, 0.1) is 12.3 Å². The summed E-state index contributed by atoms with van der Waals surface area (Å²) in [5, 5.41) is 19.3. The summed E-state index contributed by atoms with van der Waals surface area (Å²) >= 11 is 0. The van der Waals surface area contributed by atoms with Gasteiger partial charge in [-0.3, -0.25) is 24.5 Å². The standard InChI is InChI=1S/C25H27N3O8/c1-13-7-8-17(36-13)24(25(2)11-35-12-25)28-20-19(22(32)23(20)33)27-15-6-4-5-14(21(15)31)16(29)9-26-10-18(30)34-3/h4-8,24,26-28,31H,9-12H2,1-3H3/t24-/m0/s1. The summed E-state index contributed by atoms with van der Waals surface area (Å²) in [4.78, 5) is 48.7. The third-order valence-electron chi connectivity index (χ3n) is 6.18. The number of phenolic OH excluding ortho intramolecular Hbond substituents is 1. The fourth-order valence-electron chi connectivity index (χ4n) is 4.03. The Morgan fingerprint density at radius 2 is 1.83 bits per heavy atom. The van der Waals surface area contributed by atoms with Crippen LogP contribution in [0.15, 0.2) is 44.3 Å². The average molecular weight is 498 g/mol. The van der Waals surface area contributed by atoms with Crippen molar-refractivity contribution in [2.45, 2.75) is 19.9 Å². The van der Waals surface area contributed by atoms with E-state index in [2.05, 4.69) is 20.7 Å². The molecule has 4 rings (SSSR count). The van der Waals surface area contributed by atoms with Gasteiger partial charge in [0, 0.05) is 5.41 Å². The number of ether oxygens (including phenoxy) is 2. The topological polar surface area (TPSA) is 156 Å². The van der Waals surface area contributed by atoms with Gasteiger partial charge in [-0.1, -0.05) is 13.0 Å². The molecule has 1 aromatic heterocycles. The molecule has 2 heterocycles. The molecular formula is C25H27N3O8. The highest BCUT2D eigenvalue weighted by Gasteiger charge is 2.45. The number of carbonyl (C=O) groups is 2. The zero-order chi connectivity index (χ0) is 26.0. The smallest absolute Gasteiger partial charge is 0.319 e. The average Bonchev–Trinajstić information content (AvgIpc) is 3.28. The normalized spacial score (nSPS) is 15.2. The number of rotatable bonds is 11. The summed E-state index contributed by atoms with van der Waals surface area (Å²) in [5.74, 6) is -0.0925. The minimum absolute atomic E-state index is 0.0198. The lowest BCUT2D eigenvalue weighted by molar-refractivity contribution is -0.139. The first kappa shape index (κ1) is 25.1. The molecule has 0 spiro atoms. The van der Waals surface area contributed by atoms with Crippen molar-refractivity contribution in [1.82, 2.24) is 5.32 Å². The quantitative estimate of drug-likeness (QED) is 0.132. The largest absolute Gasteiger partial charge is 0.505 e. The summed E-state index contributed by atoms with van der Waals surface area (Å²) < 4.78 is 15.7. The number of aromatic hydroxyl groups is 1. The number of methoxy groups -OCH3 is 1. The van der Waals surface area contributed by atoms with Crippen molar-refractivity contribution in [1.29, 1.82) is 0 Å². The molecule has 11 heteroatoms. The molecule has 4 N–H and O–H groups in total. The first-order chi connectivity index (χ1) is 17.1. The predicted octanol–water partition coefficient (Wildman–Crippen LogP) is 1.77. The third-order valence-corrected chi connectivity index (χ3v) is 6.18. The van der Waals surface area contributed by atoms with E-state index in [0.29, 0.717) is 24.7 Å². The molecule has 1 aliphatic heterocycles. The van der Waals surface area contributed by atoms with Crippen LogP contribution in [0.5, 0.6) is 5.75 Å². The minimum atomic E-state index is -0.752. The van der Waals surface area contributed by atoms with E-state index in [1.54, 1.807) is 0 Å². The summed E-state index contributed by atoms with van der Waals surface area (Å²) in [6, 6.07) is 7.60. The lowest BCUT2D eigenvalue weighted by atomic mass is 9.79. The molecule has 11 nitrogen and oxygen atoms in total. The summed E-state index contributed by atoms with van der Waals surface area (Å²) in [6.45, 7) is 4.30. The maximum atomic E-state index is 12.5. The Kier molecular flexibility index (Phi) is 6.95. The maximum Gasteiger partial charge on any atom is 0.319 e. The van der Waals surface area contributed by atoms with E-state index in [9.17, 15) is 24.3 Å². The zero-order valence-corrected chi connectivity index (χ0v) is 20.1. The molecule has 190 valence electrons. The summed E-state index contributed by atoms with van der Waals surface area (Å²) in [6.07, 6.45) is 0. The van der Waals surface area contributed by atoms with Crippen LogP contribution in [0.3, 0.4) is 0 Å². The fourth-order valence-corrected chi connectivity index (χ4v) is 4.03. The van der Waals surface area contributed by atoms with E-state index in [0.717, 1.165) is 0 Å². The van der Waals surface area contributed by atoms with Crippen LogP contribution in [0.25, 0.3) is 0 Å². The van der Waals surface area contributed by atoms with Crippen molar-refractivity contribution in [3.63, 3.8) is 0 Å². The SMILES string of the molecule is COC(=O)CNCC(=O)c1cccc(Nc2c(N[C@@H](c3ccc(C)o3)C3(C)COC3)c(=O)c2=O)c1O. The second kappa shape index (κ2) is 9.96. The highest BCUT2D eigenvalue weighted by Crippen LogP contribution is 2.43. The molecule has 0 aliphatic carbocycles. The molecule has 0 amide bonds. The molecule has 3 aromatic rings. The molecule has 36 heavy (non-hydrogen) atoms. The van der Waals surface area contributed by atoms with Crippen molar-refractivity contribution in [3.05, 3.63) is 67.9 Å². The monoisotopic (exact) mass is 497 g/mol. The zero-order valence-electron chi connectivity index (χ0n) is 20.1. The van der Waals surface area contributed by atoms with Gasteiger partial charge in [-0.05, 0) is 31.2 Å². The minimum Gasteiger partial charge on any atom is -0.505 e. The van der Waals surface area contributed by atoms with Crippen molar-refractivity contribution in [2.75, 3.05) is 44.0 Å². The lowest BCUT2D eigenvalue weighted by Gasteiger charge is -2.44. The van der Waals surface area contributed by atoms with Crippen LogP contribution in [0.2, 0.25) is 0 Å². The van der Waals surface area contributed by atoms with E-state index >= 15 is 0 Å².